The second-order valence-electron chi connectivity index (χ2n) is 3.59. The van der Waals surface area contributed by atoms with Gasteiger partial charge in [0.2, 0.25) is 0 Å². The Balaban J connectivity index is 2.33. The molecule has 0 amide bonds. The van der Waals surface area contributed by atoms with Crippen LogP contribution in [0.25, 0.3) is 0 Å². The molecule has 0 saturated heterocycles. The van der Waals surface area contributed by atoms with Crippen LogP contribution in [0.1, 0.15) is 32.6 Å². The molecule has 0 saturated carbocycles. The van der Waals surface area contributed by atoms with Crippen LogP contribution in [-0.2, 0) is 0 Å². The van der Waals surface area contributed by atoms with Gasteiger partial charge in [0.15, 0.2) is 0 Å². The average molecular weight is 244 g/mol. The van der Waals surface area contributed by atoms with E-state index in [-0.39, 0.29) is 0 Å². The molecular formula is C12H18ClNS. The molecule has 0 aromatic heterocycles. The van der Waals surface area contributed by atoms with E-state index in [0.717, 1.165) is 21.4 Å². The number of unbranched alkanes of at least 4 members (excludes halogenated alkanes) is 3. The quantitative estimate of drug-likeness (QED) is 0.449. The standard InChI is InChI=1S/C12H18ClNS/c1-2-3-4-5-8-15-12-9-10(13)6-7-11(12)14/h6-7,9H,2-5,8,14H2,1H3. The highest BCUT2D eigenvalue weighted by atomic mass is 35.5. The monoisotopic (exact) mass is 243 g/mol. The summed E-state index contributed by atoms with van der Waals surface area (Å²) in [6.45, 7) is 2.22. The molecule has 3 heteroatoms. The first kappa shape index (κ1) is 12.7. The van der Waals surface area contributed by atoms with Crippen LogP contribution in [0.3, 0.4) is 0 Å². The molecule has 1 aromatic carbocycles. The zero-order chi connectivity index (χ0) is 11.1. The number of halogens is 1. The maximum Gasteiger partial charge on any atom is 0.0453 e. The van der Waals surface area contributed by atoms with Crippen molar-refractivity contribution in [3.8, 4) is 0 Å². The molecule has 1 nitrogen and oxygen atoms in total. The van der Waals surface area contributed by atoms with E-state index in [9.17, 15) is 0 Å². The van der Waals surface area contributed by atoms with Crippen molar-refractivity contribution in [2.24, 2.45) is 0 Å². The summed E-state index contributed by atoms with van der Waals surface area (Å²) in [5.41, 5.74) is 6.68. The first-order valence-electron chi connectivity index (χ1n) is 5.42. The van der Waals surface area contributed by atoms with E-state index >= 15 is 0 Å². The molecule has 0 bridgehead atoms. The molecule has 15 heavy (non-hydrogen) atoms. The van der Waals surface area contributed by atoms with Gasteiger partial charge in [-0.05, 0) is 30.4 Å². The molecule has 84 valence electrons. The molecule has 1 aromatic rings. The number of benzene rings is 1. The lowest BCUT2D eigenvalue weighted by molar-refractivity contribution is 0.706. The Morgan fingerprint density at radius 1 is 1.27 bits per heavy atom. The SMILES string of the molecule is CCCCCCSc1cc(Cl)ccc1N. The van der Waals surface area contributed by atoms with E-state index in [4.69, 9.17) is 17.3 Å². The first-order valence-corrected chi connectivity index (χ1v) is 6.78. The smallest absolute Gasteiger partial charge is 0.0453 e. The lowest BCUT2D eigenvalue weighted by Crippen LogP contribution is -1.89. The number of rotatable bonds is 6. The summed E-state index contributed by atoms with van der Waals surface area (Å²) in [5.74, 6) is 1.13. The van der Waals surface area contributed by atoms with Crippen LogP contribution in [-0.4, -0.2) is 5.75 Å². The van der Waals surface area contributed by atoms with Gasteiger partial charge in [-0.25, -0.2) is 0 Å². The van der Waals surface area contributed by atoms with E-state index < -0.39 is 0 Å². The Kier molecular flexibility index (Phi) is 5.96. The molecule has 0 aliphatic rings. The van der Waals surface area contributed by atoms with Gasteiger partial charge in [-0.15, -0.1) is 11.8 Å². The van der Waals surface area contributed by atoms with Crippen LogP contribution < -0.4 is 5.73 Å². The highest BCUT2D eigenvalue weighted by Crippen LogP contribution is 2.28. The number of thioether (sulfide) groups is 1. The fraction of sp³-hybridized carbons (Fsp3) is 0.500. The van der Waals surface area contributed by atoms with Crippen molar-refractivity contribution in [2.45, 2.75) is 37.5 Å². The minimum absolute atomic E-state index is 0.764. The van der Waals surface area contributed by atoms with E-state index in [2.05, 4.69) is 6.92 Å². The summed E-state index contributed by atoms with van der Waals surface area (Å²) in [7, 11) is 0. The predicted molar refractivity (Wildman–Crippen MR) is 70.7 cm³/mol. The normalized spacial score (nSPS) is 10.5. The van der Waals surface area contributed by atoms with Crippen LogP contribution >= 0.6 is 23.4 Å². The van der Waals surface area contributed by atoms with E-state index in [0.29, 0.717) is 0 Å². The molecular weight excluding hydrogens is 226 g/mol. The molecule has 0 aliphatic carbocycles. The average Bonchev–Trinajstić information content (AvgIpc) is 2.23. The second kappa shape index (κ2) is 7.02. The van der Waals surface area contributed by atoms with Crippen LogP contribution in [0.2, 0.25) is 5.02 Å². The molecule has 0 radical (unpaired) electrons. The van der Waals surface area contributed by atoms with Crippen LogP contribution in [0.15, 0.2) is 23.1 Å². The van der Waals surface area contributed by atoms with Crippen molar-refractivity contribution in [1.29, 1.82) is 0 Å². The lowest BCUT2D eigenvalue weighted by atomic mass is 10.2. The van der Waals surface area contributed by atoms with Gasteiger partial charge in [0.05, 0.1) is 0 Å². The lowest BCUT2D eigenvalue weighted by Gasteiger charge is -2.05. The van der Waals surface area contributed by atoms with Crippen molar-refractivity contribution in [2.75, 3.05) is 11.5 Å². The van der Waals surface area contributed by atoms with Crippen molar-refractivity contribution < 1.29 is 0 Å². The molecule has 0 fully saturated rings. The largest absolute Gasteiger partial charge is 0.398 e. The molecule has 0 unspecified atom stereocenters. The second-order valence-corrected chi connectivity index (χ2v) is 5.16. The molecule has 0 spiro atoms. The molecule has 1 rings (SSSR count). The summed E-state index contributed by atoms with van der Waals surface area (Å²) in [5, 5.41) is 0.764. The number of nitrogens with two attached hydrogens (primary N) is 1. The maximum absolute atomic E-state index is 5.91. The number of anilines is 1. The van der Waals surface area contributed by atoms with Gasteiger partial charge in [0, 0.05) is 15.6 Å². The molecule has 2 N–H and O–H groups in total. The Morgan fingerprint density at radius 2 is 2.07 bits per heavy atom. The van der Waals surface area contributed by atoms with Crippen molar-refractivity contribution in [1.82, 2.24) is 0 Å². The first-order chi connectivity index (χ1) is 7.24. The minimum atomic E-state index is 0.764. The number of hydrogen-bond acceptors (Lipinski definition) is 2. The van der Waals surface area contributed by atoms with Gasteiger partial charge in [0.1, 0.15) is 0 Å². The Labute approximate surface area is 101 Å². The van der Waals surface area contributed by atoms with Crippen molar-refractivity contribution in [3.63, 3.8) is 0 Å². The number of nitrogen functional groups attached to an aromatic ring is 1. The predicted octanol–water partition coefficient (Wildman–Crippen LogP) is 4.59. The van der Waals surface area contributed by atoms with E-state index in [1.165, 1.54) is 25.7 Å². The van der Waals surface area contributed by atoms with Gasteiger partial charge < -0.3 is 5.73 Å². The highest BCUT2D eigenvalue weighted by Gasteiger charge is 2.00. The maximum atomic E-state index is 5.91. The van der Waals surface area contributed by atoms with Crippen molar-refractivity contribution >= 4 is 29.1 Å². The third kappa shape index (κ3) is 4.80. The highest BCUT2D eigenvalue weighted by molar-refractivity contribution is 7.99. The Morgan fingerprint density at radius 3 is 2.80 bits per heavy atom. The topological polar surface area (TPSA) is 26.0 Å². The third-order valence-electron chi connectivity index (χ3n) is 2.23. The zero-order valence-electron chi connectivity index (χ0n) is 9.13. The van der Waals surface area contributed by atoms with E-state index in [1.807, 2.05) is 18.2 Å². The minimum Gasteiger partial charge on any atom is -0.398 e. The van der Waals surface area contributed by atoms with Crippen LogP contribution in [0.4, 0.5) is 5.69 Å². The summed E-state index contributed by atoms with van der Waals surface area (Å²) >= 11 is 7.71. The van der Waals surface area contributed by atoms with Gasteiger partial charge in [-0.2, -0.15) is 0 Å². The fourth-order valence-corrected chi connectivity index (χ4v) is 2.59. The summed E-state index contributed by atoms with van der Waals surface area (Å²) in [6.07, 6.45) is 5.17. The van der Waals surface area contributed by atoms with Crippen LogP contribution in [0.5, 0.6) is 0 Å². The van der Waals surface area contributed by atoms with Crippen molar-refractivity contribution in [3.05, 3.63) is 23.2 Å². The van der Waals surface area contributed by atoms with Crippen LogP contribution in [0, 0.1) is 0 Å². The van der Waals surface area contributed by atoms with Gasteiger partial charge >= 0.3 is 0 Å². The summed E-state index contributed by atoms with van der Waals surface area (Å²) < 4.78 is 0. The van der Waals surface area contributed by atoms with Gasteiger partial charge in [0.25, 0.3) is 0 Å². The van der Waals surface area contributed by atoms with E-state index in [1.54, 1.807) is 11.8 Å². The molecule has 0 atom stereocenters. The Bertz CT molecular complexity index is 302. The Hall–Kier alpha value is -0.340. The summed E-state index contributed by atoms with van der Waals surface area (Å²) in [4.78, 5) is 1.11. The van der Waals surface area contributed by atoms with Gasteiger partial charge in [-0.1, -0.05) is 37.8 Å². The molecule has 0 heterocycles. The molecule has 0 aliphatic heterocycles. The zero-order valence-corrected chi connectivity index (χ0v) is 10.7. The fourth-order valence-electron chi connectivity index (χ4n) is 1.34. The number of hydrogen-bond donors (Lipinski definition) is 1. The third-order valence-corrected chi connectivity index (χ3v) is 3.62. The van der Waals surface area contributed by atoms with Gasteiger partial charge in [-0.3, -0.25) is 0 Å². The summed E-state index contributed by atoms with van der Waals surface area (Å²) in [6, 6.07) is 5.65.